The van der Waals surface area contributed by atoms with Crippen LogP contribution in [0.25, 0.3) is 0 Å². The first-order valence-electron chi connectivity index (χ1n) is 25.5. The lowest BCUT2D eigenvalue weighted by molar-refractivity contribution is -0.870. The normalized spacial score (nSPS) is 13.9. The van der Waals surface area contributed by atoms with Crippen molar-refractivity contribution in [1.82, 2.24) is 0 Å². The molecule has 0 heterocycles. The number of esters is 2. The fourth-order valence-electron chi connectivity index (χ4n) is 6.87. The molecule has 0 fully saturated rings. The van der Waals surface area contributed by atoms with Gasteiger partial charge in [-0.15, -0.1) is 0 Å². The van der Waals surface area contributed by atoms with E-state index in [9.17, 15) is 19.0 Å². The number of likely N-dealkylation sites (N-methyl/N-ethyl adjacent to an activating group) is 1. The third kappa shape index (κ3) is 49.0. The van der Waals surface area contributed by atoms with Crippen LogP contribution in [-0.4, -0.2) is 70.0 Å². The number of allylic oxidation sites excluding steroid dienone is 10. The molecule has 63 heavy (non-hydrogen) atoms. The van der Waals surface area contributed by atoms with E-state index >= 15 is 0 Å². The number of phosphoric acid groups is 1. The fraction of sp³-hybridized carbons (Fsp3) is 0.774. The molecule has 366 valence electrons. The maximum atomic E-state index is 12.7. The summed E-state index contributed by atoms with van der Waals surface area (Å²) in [6.07, 6.45) is 55.5. The van der Waals surface area contributed by atoms with Crippen LogP contribution < -0.4 is 4.89 Å². The summed E-state index contributed by atoms with van der Waals surface area (Å²) in [4.78, 5) is 37.7. The van der Waals surface area contributed by atoms with Gasteiger partial charge in [0.05, 0.1) is 27.7 Å². The molecule has 0 radical (unpaired) electrons. The van der Waals surface area contributed by atoms with Gasteiger partial charge in [0.25, 0.3) is 7.82 Å². The van der Waals surface area contributed by atoms with Gasteiger partial charge in [-0.3, -0.25) is 14.2 Å². The molecule has 0 aliphatic carbocycles. The Hall–Kier alpha value is -2.29. The first-order valence-corrected chi connectivity index (χ1v) is 27.0. The predicted molar refractivity (Wildman–Crippen MR) is 263 cm³/mol. The van der Waals surface area contributed by atoms with E-state index in [0.717, 1.165) is 51.4 Å². The Labute approximate surface area is 387 Å². The van der Waals surface area contributed by atoms with Gasteiger partial charge in [-0.05, 0) is 51.4 Å². The summed E-state index contributed by atoms with van der Waals surface area (Å²) < 4.78 is 34.0. The molecular formula is C53H96NO8P. The number of phosphoric ester groups is 1. The highest BCUT2D eigenvalue weighted by Crippen LogP contribution is 2.38. The first kappa shape index (κ1) is 60.7. The van der Waals surface area contributed by atoms with E-state index in [0.29, 0.717) is 23.9 Å². The quantitative estimate of drug-likeness (QED) is 0.0195. The molecule has 2 atom stereocenters. The van der Waals surface area contributed by atoms with E-state index in [1.54, 1.807) is 0 Å². The van der Waals surface area contributed by atoms with E-state index < -0.39 is 32.5 Å². The minimum Gasteiger partial charge on any atom is -0.756 e. The summed E-state index contributed by atoms with van der Waals surface area (Å²) in [5, 5.41) is 0. The van der Waals surface area contributed by atoms with E-state index in [1.807, 2.05) is 27.2 Å². The molecule has 0 aromatic heterocycles. The highest BCUT2D eigenvalue weighted by atomic mass is 31.2. The van der Waals surface area contributed by atoms with Crippen molar-refractivity contribution < 1.29 is 42.1 Å². The zero-order chi connectivity index (χ0) is 46.4. The van der Waals surface area contributed by atoms with E-state index in [1.165, 1.54) is 122 Å². The number of ether oxygens (including phenoxy) is 2. The van der Waals surface area contributed by atoms with Crippen molar-refractivity contribution in [3.05, 3.63) is 60.8 Å². The number of unbranched alkanes of at least 4 members (excludes halogenated alkanes) is 22. The Morgan fingerprint density at radius 3 is 1.33 bits per heavy atom. The second-order valence-corrected chi connectivity index (χ2v) is 19.6. The number of hydrogen-bond donors (Lipinski definition) is 0. The molecule has 10 heteroatoms. The number of rotatable bonds is 46. The average molecular weight is 906 g/mol. The molecule has 0 aliphatic heterocycles. The van der Waals surface area contributed by atoms with Crippen LogP contribution in [0.15, 0.2) is 60.8 Å². The fourth-order valence-corrected chi connectivity index (χ4v) is 7.60. The lowest BCUT2D eigenvalue weighted by atomic mass is 10.0. The van der Waals surface area contributed by atoms with Crippen molar-refractivity contribution in [3.63, 3.8) is 0 Å². The Bertz CT molecular complexity index is 1250. The third-order valence-electron chi connectivity index (χ3n) is 10.8. The van der Waals surface area contributed by atoms with Crippen molar-refractivity contribution in [3.8, 4) is 0 Å². The monoisotopic (exact) mass is 906 g/mol. The van der Waals surface area contributed by atoms with Crippen LogP contribution in [0.4, 0.5) is 0 Å². The van der Waals surface area contributed by atoms with Crippen LogP contribution in [-0.2, 0) is 32.7 Å². The van der Waals surface area contributed by atoms with Crippen LogP contribution >= 0.6 is 7.82 Å². The molecule has 0 spiro atoms. The number of nitrogens with zero attached hydrogens (tertiary/aromatic N) is 1. The molecule has 0 aromatic rings. The lowest BCUT2D eigenvalue weighted by Gasteiger charge is -2.28. The van der Waals surface area contributed by atoms with Crippen molar-refractivity contribution in [2.45, 2.75) is 219 Å². The molecule has 0 aromatic carbocycles. The second-order valence-electron chi connectivity index (χ2n) is 18.2. The van der Waals surface area contributed by atoms with E-state index in [4.69, 9.17) is 18.5 Å². The first-order chi connectivity index (χ1) is 30.5. The molecule has 9 nitrogen and oxygen atoms in total. The van der Waals surface area contributed by atoms with E-state index in [2.05, 4.69) is 68.5 Å². The van der Waals surface area contributed by atoms with Crippen LogP contribution in [0.3, 0.4) is 0 Å². The van der Waals surface area contributed by atoms with Gasteiger partial charge in [-0.1, -0.05) is 209 Å². The topological polar surface area (TPSA) is 111 Å². The highest BCUT2D eigenvalue weighted by molar-refractivity contribution is 7.45. The summed E-state index contributed by atoms with van der Waals surface area (Å²) >= 11 is 0. The zero-order valence-corrected chi connectivity index (χ0v) is 42.2. The van der Waals surface area contributed by atoms with Gasteiger partial charge in [-0.2, -0.15) is 0 Å². The molecule has 0 aliphatic rings. The average Bonchev–Trinajstić information content (AvgIpc) is 3.24. The summed E-state index contributed by atoms with van der Waals surface area (Å²) in [6.45, 7) is 4.07. The minimum atomic E-state index is -4.65. The Kier molecular flexibility index (Phi) is 43.3. The second kappa shape index (κ2) is 44.9. The van der Waals surface area contributed by atoms with Gasteiger partial charge in [0.1, 0.15) is 19.8 Å². The molecular weight excluding hydrogens is 810 g/mol. The highest BCUT2D eigenvalue weighted by Gasteiger charge is 2.21. The molecule has 0 bridgehead atoms. The summed E-state index contributed by atoms with van der Waals surface area (Å²) in [5.74, 6) is -0.898. The van der Waals surface area contributed by atoms with Crippen molar-refractivity contribution in [2.24, 2.45) is 0 Å². The predicted octanol–water partition coefficient (Wildman–Crippen LogP) is 14.6. The Morgan fingerprint density at radius 1 is 0.508 bits per heavy atom. The summed E-state index contributed by atoms with van der Waals surface area (Å²) in [7, 11) is 1.13. The number of quaternary nitrogens is 1. The summed E-state index contributed by atoms with van der Waals surface area (Å²) in [5.41, 5.74) is 0. The van der Waals surface area contributed by atoms with Gasteiger partial charge in [0.15, 0.2) is 6.10 Å². The maximum absolute atomic E-state index is 12.7. The van der Waals surface area contributed by atoms with Crippen molar-refractivity contribution in [1.29, 1.82) is 0 Å². The SMILES string of the molecule is CC/C=C\C/C=C\C/C=C\C/C=C\C/C=C\CCCC(=O)OC(COC(=O)CCCCCCCCCCCCCCCCCCCCCCCC)COP(=O)([O-])OCC[N+](C)(C)C. The molecule has 0 N–H and O–H groups in total. The van der Waals surface area contributed by atoms with Crippen molar-refractivity contribution in [2.75, 3.05) is 47.5 Å². The summed E-state index contributed by atoms with van der Waals surface area (Å²) in [6, 6.07) is 0. The van der Waals surface area contributed by atoms with Crippen LogP contribution in [0.5, 0.6) is 0 Å². The number of carbonyl (C=O) groups excluding carboxylic acids is 2. The van der Waals surface area contributed by atoms with E-state index in [-0.39, 0.29) is 26.1 Å². The number of carbonyl (C=O) groups is 2. The van der Waals surface area contributed by atoms with Gasteiger partial charge in [0.2, 0.25) is 0 Å². The van der Waals surface area contributed by atoms with Gasteiger partial charge in [0, 0.05) is 12.8 Å². The lowest BCUT2D eigenvalue weighted by Crippen LogP contribution is -2.37. The molecule has 2 unspecified atom stereocenters. The number of hydrogen-bond acceptors (Lipinski definition) is 8. The van der Waals surface area contributed by atoms with Gasteiger partial charge in [-0.25, -0.2) is 0 Å². The van der Waals surface area contributed by atoms with Crippen molar-refractivity contribution >= 4 is 19.8 Å². The standard InChI is InChI=1S/C53H96NO8P/c1-6-8-10-12-14-16-18-20-22-24-25-26-27-28-30-31-33-35-37-39-41-43-45-52(55)59-49-51(50-61-63(57,58)60-48-47-54(3,4)5)62-53(56)46-44-42-40-38-36-34-32-29-23-21-19-17-15-13-11-9-7-2/h9,11,15,17,21,23,32,34,38,40,51H,6-8,10,12-14,16,18-20,22,24-31,33,35-37,39,41-50H2,1-5H3/b11-9-,17-15-,23-21-,34-32-,40-38-. The van der Waals surface area contributed by atoms with Crippen LogP contribution in [0.1, 0.15) is 213 Å². The molecule has 0 saturated carbocycles. The molecule has 0 amide bonds. The van der Waals surface area contributed by atoms with Gasteiger partial charge < -0.3 is 27.9 Å². The largest absolute Gasteiger partial charge is 0.756 e. The third-order valence-corrected chi connectivity index (χ3v) is 11.8. The maximum Gasteiger partial charge on any atom is 0.306 e. The minimum absolute atomic E-state index is 0.0426. The molecule has 0 rings (SSSR count). The molecule has 0 saturated heterocycles. The van der Waals surface area contributed by atoms with Gasteiger partial charge >= 0.3 is 11.9 Å². The van der Waals surface area contributed by atoms with Crippen LogP contribution in [0.2, 0.25) is 0 Å². The Morgan fingerprint density at radius 2 is 0.905 bits per heavy atom. The Balaban J connectivity index is 4.29. The van der Waals surface area contributed by atoms with Crippen LogP contribution in [0, 0.1) is 0 Å². The zero-order valence-electron chi connectivity index (χ0n) is 41.3. The smallest absolute Gasteiger partial charge is 0.306 e.